The van der Waals surface area contributed by atoms with Crippen molar-refractivity contribution in [3.63, 3.8) is 0 Å². The molecular formula is C17H15NO2. The summed E-state index contributed by atoms with van der Waals surface area (Å²) in [6, 6.07) is 14.5. The summed E-state index contributed by atoms with van der Waals surface area (Å²) in [7, 11) is 0. The van der Waals surface area contributed by atoms with Crippen molar-refractivity contribution in [1.82, 2.24) is 0 Å². The fourth-order valence-corrected chi connectivity index (χ4v) is 1.82. The monoisotopic (exact) mass is 265 g/mol. The number of Topliss-reactive ketones (excluding diaryl/α,β-unsaturated/α-hetero) is 1. The topological polar surface area (TPSA) is 50.1 Å². The average molecular weight is 265 g/mol. The number of nitrogens with zero attached hydrogens (tertiary/aromatic N) is 1. The van der Waals surface area contributed by atoms with E-state index < -0.39 is 0 Å². The van der Waals surface area contributed by atoms with E-state index in [1.165, 1.54) is 0 Å². The molecule has 0 aromatic heterocycles. The van der Waals surface area contributed by atoms with Crippen LogP contribution in [-0.4, -0.2) is 12.4 Å². The Hall–Kier alpha value is -2.60. The molecule has 0 aliphatic rings. The van der Waals surface area contributed by atoms with E-state index in [9.17, 15) is 4.79 Å². The second-order valence-electron chi connectivity index (χ2n) is 4.67. The van der Waals surface area contributed by atoms with Gasteiger partial charge in [-0.1, -0.05) is 12.1 Å². The highest BCUT2D eigenvalue weighted by Gasteiger charge is 2.08. The summed E-state index contributed by atoms with van der Waals surface area (Å²) in [5.41, 5.74) is 3.19. The molecule has 2 aromatic rings. The largest absolute Gasteiger partial charge is 0.485 e. The van der Waals surface area contributed by atoms with E-state index in [-0.39, 0.29) is 12.4 Å². The van der Waals surface area contributed by atoms with Gasteiger partial charge in [0.05, 0.1) is 11.6 Å². The summed E-state index contributed by atoms with van der Waals surface area (Å²) in [4.78, 5) is 12.0. The number of aryl methyl sites for hydroxylation is 2. The quantitative estimate of drug-likeness (QED) is 0.796. The van der Waals surface area contributed by atoms with Crippen molar-refractivity contribution in [3.8, 4) is 11.8 Å². The lowest BCUT2D eigenvalue weighted by Gasteiger charge is -2.09. The minimum Gasteiger partial charge on any atom is -0.485 e. The van der Waals surface area contributed by atoms with Crippen molar-refractivity contribution >= 4 is 5.78 Å². The maximum atomic E-state index is 12.0. The molecule has 0 spiro atoms. The first-order chi connectivity index (χ1) is 9.60. The van der Waals surface area contributed by atoms with Gasteiger partial charge >= 0.3 is 0 Å². The van der Waals surface area contributed by atoms with Crippen LogP contribution >= 0.6 is 0 Å². The molecule has 2 rings (SSSR count). The van der Waals surface area contributed by atoms with Crippen LogP contribution in [0.3, 0.4) is 0 Å². The number of nitriles is 1. The van der Waals surface area contributed by atoms with Crippen molar-refractivity contribution in [2.45, 2.75) is 13.8 Å². The first kappa shape index (κ1) is 13.8. The third-order valence-electron chi connectivity index (χ3n) is 3.04. The molecule has 3 heteroatoms. The Morgan fingerprint density at radius 3 is 2.50 bits per heavy atom. The lowest BCUT2D eigenvalue weighted by atomic mass is 10.1. The molecule has 0 bridgehead atoms. The number of carbonyl (C=O) groups is 1. The lowest BCUT2D eigenvalue weighted by Crippen LogP contribution is -2.12. The molecule has 100 valence electrons. The summed E-state index contributed by atoms with van der Waals surface area (Å²) in [6.45, 7) is 3.92. The van der Waals surface area contributed by atoms with Gasteiger partial charge in [0.2, 0.25) is 0 Å². The predicted molar refractivity (Wildman–Crippen MR) is 76.9 cm³/mol. The van der Waals surface area contributed by atoms with Gasteiger partial charge in [0.25, 0.3) is 0 Å². The van der Waals surface area contributed by atoms with Crippen molar-refractivity contribution < 1.29 is 9.53 Å². The lowest BCUT2D eigenvalue weighted by molar-refractivity contribution is 0.0921. The van der Waals surface area contributed by atoms with Crippen LogP contribution in [0.5, 0.6) is 5.75 Å². The van der Waals surface area contributed by atoms with Gasteiger partial charge in [0.15, 0.2) is 12.4 Å². The standard InChI is InChI=1S/C17H15NO2/c1-12-3-4-13(2)17(9-12)20-11-16(19)15-7-5-14(10-18)6-8-15/h3-9H,11H2,1-2H3. The summed E-state index contributed by atoms with van der Waals surface area (Å²) in [6.07, 6.45) is 0. The Labute approximate surface area is 118 Å². The van der Waals surface area contributed by atoms with E-state index in [1.807, 2.05) is 38.1 Å². The van der Waals surface area contributed by atoms with Gasteiger partial charge in [0, 0.05) is 5.56 Å². The summed E-state index contributed by atoms with van der Waals surface area (Å²) >= 11 is 0. The highest BCUT2D eigenvalue weighted by atomic mass is 16.5. The summed E-state index contributed by atoms with van der Waals surface area (Å²) in [5, 5.41) is 8.72. The average Bonchev–Trinajstić information content (AvgIpc) is 2.48. The second-order valence-corrected chi connectivity index (χ2v) is 4.67. The molecule has 0 saturated carbocycles. The van der Waals surface area contributed by atoms with Gasteiger partial charge in [-0.05, 0) is 55.3 Å². The molecule has 0 saturated heterocycles. The van der Waals surface area contributed by atoms with Crippen LogP contribution in [0.1, 0.15) is 27.0 Å². The highest BCUT2D eigenvalue weighted by molar-refractivity contribution is 5.97. The van der Waals surface area contributed by atoms with Crippen molar-refractivity contribution in [3.05, 3.63) is 64.7 Å². The Balaban J connectivity index is 2.04. The third kappa shape index (κ3) is 3.24. The predicted octanol–water partition coefficient (Wildman–Crippen LogP) is 3.44. The number of ketones is 1. The SMILES string of the molecule is Cc1ccc(C)c(OCC(=O)c2ccc(C#N)cc2)c1. The second kappa shape index (κ2) is 6.03. The molecule has 0 aliphatic heterocycles. The Bertz CT molecular complexity index is 666. The fraction of sp³-hybridized carbons (Fsp3) is 0.176. The molecule has 0 radical (unpaired) electrons. The number of benzene rings is 2. The molecule has 0 amide bonds. The number of hydrogen-bond donors (Lipinski definition) is 0. The molecule has 0 heterocycles. The zero-order valence-electron chi connectivity index (χ0n) is 11.5. The first-order valence-corrected chi connectivity index (χ1v) is 6.33. The van der Waals surface area contributed by atoms with E-state index in [1.54, 1.807) is 24.3 Å². The van der Waals surface area contributed by atoms with E-state index in [2.05, 4.69) is 0 Å². The van der Waals surface area contributed by atoms with Crippen LogP contribution in [0.25, 0.3) is 0 Å². The van der Waals surface area contributed by atoms with Gasteiger partial charge in [-0.2, -0.15) is 5.26 Å². The number of carbonyl (C=O) groups excluding carboxylic acids is 1. The molecule has 0 N–H and O–H groups in total. The summed E-state index contributed by atoms with van der Waals surface area (Å²) in [5.74, 6) is 0.627. The maximum Gasteiger partial charge on any atom is 0.200 e. The van der Waals surface area contributed by atoms with Gasteiger partial charge < -0.3 is 4.74 Å². The van der Waals surface area contributed by atoms with Crippen LogP contribution < -0.4 is 4.74 Å². The van der Waals surface area contributed by atoms with Gasteiger partial charge in [-0.3, -0.25) is 4.79 Å². The van der Waals surface area contributed by atoms with E-state index in [0.717, 1.165) is 16.9 Å². The normalized spacial score (nSPS) is 9.85. The highest BCUT2D eigenvalue weighted by Crippen LogP contribution is 2.19. The number of ether oxygens (including phenoxy) is 1. The van der Waals surface area contributed by atoms with Crippen LogP contribution in [0.4, 0.5) is 0 Å². The maximum absolute atomic E-state index is 12.0. The van der Waals surface area contributed by atoms with E-state index in [4.69, 9.17) is 10.00 Å². The molecule has 20 heavy (non-hydrogen) atoms. The molecule has 0 unspecified atom stereocenters. The molecule has 3 nitrogen and oxygen atoms in total. The van der Waals surface area contributed by atoms with Gasteiger partial charge in [0.1, 0.15) is 5.75 Å². The molecule has 0 fully saturated rings. The zero-order chi connectivity index (χ0) is 14.5. The molecule has 0 aliphatic carbocycles. The van der Waals surface area contributed by atoms with Crippen LogP contribution in [-0.2, 0) is 0 Å². The Kier molecular flexibility index (Phi) is 4.17. The number of rotatable bonds is 4. The molecule has 0 atom stereocenters. The van der Waals surface area contributed by atoms with Crippen molar-refractivity contribution in [2.75, 3.05) is 6.61 Å². The van der Waals surface area contributed by atoms with Gasteiger partial charge in [-0.15, -0.1) is 0 Å². The first-order valence-electron chi connectivity index (χ1n) is 6.33. The smallest absolute Gasteiger partial charge is 0.200 e. The minimum absolute atomic E-state index is 0.00378. The molecule has 2 aromatic carbocycles. The third-order valence-corrected chi connectivity index (χ3v) is 3.04. The summed E-state index contributed by atoms with van der Waals surface area (Å²) < 4.78 is 5.58. The van der Waals surface area contributed by atoms with E-state index >= 15 is 0 Å². The van der Waals surface area contributed by atoms with Crippen molar-refractivity contribution in [2.24, 2.45) is 0 Å². The Morgan fingerprint density at radius 2 is 1.85 bits per heavy atom. The zero-order valence-corrected chi connectivity index (χ0v) is 11.5. The minimum atomic E-state index is -0.101. The van der Waals surface area contributed by atoms with E-state index in [0.29, 0.717) is 11.1 Å². The van der Waals surface area contributed by atoms with Crippen LogP contribution in [0.15, 0.2) is 42.5 Å². The molecular weight excluding hydrogens is 250 g/mol. The van der Waals surface area contributed by atoms with Crippen LogP contribution in [0.2, 0.25) is 0 Å². The van der Waals surface area contributed by atoms with Gasteiger partial charge in [-0.25, -0.2) is 0 Å². The fourth-order valence-electron chi connectivity index (χ4n) is 1.82. The number of hydrogen-bond acceptors (Lipinski definition) is 3. The Morgan fingerprint density at radius 1 is 1.15 bits per heavy atom. The van der Waals surface area contributed by atoms with Crippen molar-refractivity contribution in [1.29, 1.82) is 5.26 Å². The van der Waals surface area contributed by atoms with Crippen LogP contribution in [0, 0.1) is 25.2 Å².